The minimum absolute atomic E-state index is 0.195. The van der Waals surface area contributed by atoms with E-state index >= 15 is 0 Å². The fraction of sp³-hybridized carbons (Fsp3) is 0.500. The van der Waals surface area contributed by atoms with Crippen LogP contribution in [0, 0.1) is 18.8 Å². The lowest BCUT2D eigenvalue weighted by Gasteiger charge is -2.25. The number of hydrogen-bond donors (Lipinski definition) is 1. The molecule has 0 aliphatic heterocycles. The summed E-state index contributed by atoms with van der Waals surface area (Å²) in [6.45, 7) is 8.38. The minimum atomic E-state index is -0.195. The van der Waals surface area contributed by atoms with Crippen molar-refractivity contribution in [1.29, 1.82) is 0 Å². The standard InChI is InChI=1S/C20H27NO2/c1-4-22-20(23-5-2)19-16-9-8-15(12-16)18(19)13-21-17-10-6-14(3)7-11-17/h6-11,15-16,20-21H,4-5,12-13H2,1-3H3. The van der Waals surface area contributed by atoms with E-state index in [2.05, 4.69) is 48.7 Å². The summed E-state index contributed by atoms with van der Waals surface area (Å²) in [5.41, 5.74) is 5.25. The van der Waals surface area contributed by atoms with Crippen LogP contribution in [0.25, 0.3) is 0 Å². The zero-order valence-corrected chi connectivity index (χ0v) is 14.3. The molecule has 0 saturated heterocycles. The van der Waals surface area contributed by atoms with Gasteiger partial charge in [0.25, 0.3) is 0 Å². The molecule has 2 aliphatic rings. The van der Waals surface area contributed by atoms with Crippen LogP contribution in [0.15, 0.2) is 47.6 Å². The molecule has 2 unspecified atom stereocenters. The smallest absolute Gasteiger partial charge is 0.180 e. The predicted octanol–water partition coefficient (Wildman–Crippen LogP) is 4.31. The first-order valence-electron chi connectivity index (χ1n) is 8.67. The lowest BCUT2D eigenvalue weighted by atomic mass is 9.96. The van der Waals surface area contributed by atoms with Gasteiger partial charge in [-0.05, 0) is 50.5 Å². The van der Waals surface area contributed by atoms with Gasteiger partial charge in [0.2, 0.25) is 0 Å². The molecule has 3 heteroatoms. The van der Waals surface area contributed by atoms with E-state index < -0.39 is 0 Å². The van der Waals surface area contributed by atoms with Gasteiger partial charge in [0.1, 0.15) is 0 Å². The van der Waals surface area contributed by atoms with Gasteiger partial charge in [0.05, 0.1) is 0 Å². The molecule has 2 atom stereocenters. The SMILES string of the molecule is CCOC(OCC)C1=C(CNc2ccc(C)cc2)C2C=CC1C2. The highest BCUT2D eigenvalue weighted by Gasteiger charge is 2.39. The van der Waals surface area contributed by atoms with Gasteiger partial charge in [-0.1, -0.05) is 29.8 Å². The third-order valence-electron chi connectivity index (χ3n) is 4.73. The van der Waals surface area contributed by atoms with Crippen molar-refractivity contribution >= 4 is 5.69 Å². The van der Waals surface area contributed by atoms with Gasteiger partial charge in [-0.2, -0.15) is 0 Å². The average Bonchev–Trinajstić information content (AvgIpc) is 3.15. The molecule has 1 N–H and O–H groups in total. The van der Waals surface area contributed by atoms with Gasteiger partial charge < -0.3 is 14.8 Å². The Balaban J connectivity index is 1.76. The van der Waals surface area contributed by atoms with Crippen molar-refractivity contribution in [2.45, 2.75) is 33.5 Å². The third-order valence-corrected chi connectivity index (χ3v) is 4.73. The first kappa shape index (κ1) is 16.3. The van der Waals surface area contributed by atoms with Crippen molar-refractivity contribution in [2.24, 2.45) is 11.8 Å². The summed E-state index contributed by atoms with van der Waals surface area (Å²) in [5.74, 6) is 1.02. The summed E-state index contributed by atoms with van der Waals surface area (Å²) in [6, 6.07) is 8.56. The summed E-state index contributed by atoms with van der Waals surface area (Å²) >= 11 is 0. The van der Waals surface area contributed by atoms with E-state index in [0.717, 1.165) is 6.54 Å². The van der Waals surface area contributed by atoms with Crippen LogP contribution in [-0.2, 0) is 9.47 Å². The second-order valence-electron chi connectivity index (χ2n) is 6.28. The number of aryl methyl sites for hydroxylation is 1. The molecule has 3 nitrogen and oxygen atoms in total. The van der Waals surface area contributed by atoms with Crippen LogP contribution in [0.5, 0.6) is 0 Å². The lowest BCUT2D eigenvalue weighted by Crippen LogP contribution is -2.25. The van der Waals surface area contributed by atoms with Crippen molar-refractivity contribution in [3.8, 4) is 0 Å². The topological polar surface area (TPSA) is 30.5 Å². The lowest BCUT2D eigenvalue weighted by molar-refractivity contribution is -0.114. The summed E-state index contributed by atoms with van der Waals surface area (Å²) in [5, 5.41) is 3.56. The summed E-state index contributed by atoms with van der Waals surface area (Å²) in [7, 11) is 0. The largest absolute Gasteiger partial charge is 0.381 e. The number of anilines is 1. The normalized spacial score (nSPS) is 22.4. The number of fused-ring (bicyclic) bond motifs is 2. The van der Waals surface area contributed by atoms with E-state index in [4.69, 9.17) is 9.47 Å². The third kappa shape index (κ3) is 3.51. The number of hydrogen-bond acceptors (Lipinski definition) is 3. The molecular weight excluding hydrogens is 286 g/mol. The Morgan fingerprint density at radius 2 is 1.70 bits per heavy atom. The minimum Gasteiger partial charge on any atom is -0.381 e. The zero-order chi connectivity index (χ0) is 16.2. The van der Waals surface area contributed by atoms with E-state index in [-0.39, 0.29) is 6.29 Å². The summed E-state index contributed by atoms with van der Waals surface area (Å²) in [4.78, 5) is 0. The maximum Gasteiger partial charge on any atom is 0.180 e. The molecule has 3 rings (SSSR count). The van der Waals surface area contributed by atoms with Crippen molar-refractivity contribution < 1.29 is 9.47 Å². The van der Waals surface area contributed by atoms with Gasteiger partial charge in [0.15, 0.2) is 6.29 Å². The van der Waals surface area contributed by atoms with Crippen LogP contribution < -0.4 is 5.32 Å². The van der Waals surface area contributed by atoms with Crippen LogP contribution >= 0.6 is 0 Å². The molecule has 0 fully saturated rings. The molecule has 0 heterocycles. The van der Waals surface area contributed by atoms with Crippen LogP contribution in [0.2, 0.25) is 0 Å². The second-order valence-corrected chi connectivity index (χ2v) is 6.28. The van der Waals surface area contributed by atoms with E-state index in [1.54, 1.807) is 0 Å². The highest BCUT2D eigenvalue weighted by Crippen LogP contribution is 2.46. The van der Waals surface area contributed by atoms with Crippen LogP contribution in [0.3, 0.4) is 0 Å². The van der Waals surface area contributed by atoms with Gasteiger partial charge in [-0.3, -0.25) is 0 Å². The van der Waals surface area contributed by atoms with Crippen molar-refractivity contribution in [1.82, 2.24) is 0 Å². The highest BCUT2D eigenvalue weighted by atomic mass is 16.7. The molecule has 2 bridgehead atoms. The Bertz CT molecular complexity index is 582. The van der Waals surface area contributed by atoms with Crippen molar-refractivity contribution in [3.63, 3.8) is 0 Å². The number of benzene rings is 1. The summed E-state index contributed by atoms with van der Waals surface area (Å²) in [6.07, 6.45) is 5.65. The molecule has 124 valence electrons. The maximum absolute atomic E-state index is 5.88. The van der Waals surface area contributed by atoms with Crippen molar-refractivity contribution in [2.75, 3.05) is 25.1 Å². The Morgan fingerprint density at radius 3 is 2.35 bits per heavy atom. The number of nitrogens with one attached hydrogen (secondary N) is 1. The van der Waals surface area contributed by atoms with Gasteiger partial charge in [0, 0.05) is 37.3 Å². The van der Waals surface area contributed by atoms with Gasteiger partial charge in [-0.15, -0.1) is 0 Å². The maximum atomic E-state index is 5.88. The van der Waals surface area contributed by atoms with E-state index in [9.17, 15) is 0 Å². The molecule has 1 aromatic carbocycles. The molecule has 0 aromatic heterocycles. The predicted molar refractivity (Wildman–Crippen MR) is 94.5 cm³/mol. The number of rotatable bonds is 8. The number of allylic oxidation sites excluding steroid dienone is 2. The number of ether oxygens (including phenoxy) is 2. The molecule has 0 radical (unpaired) electrons. The first-order valence-corrected chi connectivity index (χ1v) is 8.67. The van der Waals surface area contributed by atoms with Crippen molar-refractivity contribution in [3.05, 3.63) is 53.1 Å². The fourth-order valence-electron chi connectivity index (χ4n) is 3.60. The van der Waals surface area contributed by atoms with Gasteiger partial charge >= 0.3 is 0 Å². The Labute approximate surface area is 139 Å². The quantitative estimate of drug-likeness (QED) is 0.573. The monoisotopic (exact) mass is 313 g/mol. The second kappa shape index (κ2) is 7.33. The Morgan fingerprint density at radius 1 is 1.04 bits per heavy atom. The highest BCUT2D eigenvalue weighted by molar-refractivity contribution is 5.48. The van der Waals surface area contributed by atoms with E-state index in [1.165, 1.54) is 28.8 Å². The Kier molecular flexibility index (Phi) is 5.19. The molecule has 0 amide bonds. The van der Waals surface area contributed by atoms with E-state index in [1.807, 2.05) is 13.8 Å². The molecule has 0 spiro atoms. The molecule has 0 saturated carbocycles. The van der Waals surface area contributed by atoms with Crippen LogP contribution in [0.4, 0.5) is 5.69 Å². The molecule has 1 aromatic rings. The molecular formula is C20H27NO2. The van der Waals surface area contributed by atoms with Crippen LogP contribution in [-0.4, -0.2) is 26.0 Å². The first-order chi connectivity index (χ1) is 11.2. The summed E-state index contributed by atoms with van der Waals surface area (Å²) < 4.78 is 11.8. The Hall–Kier alpha value is -1.58. The van der Waals surface area contributed by atoms with E-state index in [0.29, 0.717) is 25.0 Å². The van der Waals surface area contributed by atoms with Gasteiger partial charge in [-0.25, -0.2) is 0 Å². The zero-order valence-electron chi connectivity index (χ0n) is 14.3. The fourth-order valence-corrected chi connectivity index (χ4v) is 3.60. The molecule has 2 aliphatic carbocycles. The van der Waals surface area contributed by atoms with Crippen LogP contribution in [0.1, 0.15) is 25.8 Å². The average molecular weight is 313 g/mol. The molecule has 23 heavy (non-hydrogen) atoms.